The summed E-state index contributed by atoms with van der Waals surface area (Å²) < 4.78 is 17.9. The molecule has 0 saturated carbocycles. The minimum absolute atomic E-state index is 0.155. The molecule has 0 aromatic heterocycles. The predicted octanol–water partition coefficient (Wildman–Crippen LogP) is 6.91. The Morgan fingerprint density at radius 1 is 0.882 bits per heavy atom. The van der Waals surface area contributed by atoms with Crippen molar-refractivity contribution in [1.82, 2.24) is 0 Å². The fourth-order valence-corrected chi connectivity index (χ4v) is 4.84. The number of benzene rings is 2. The third-order valence-corrected chi connectivity index (χ3v) is 7.79. The molecule has 0 amide bonds. The van der Waals surface area contributed by atoms with Crippen LogP contribution < -0.4 is 9.47 Å². The number of ether oxygens (including phenoxy) is 3. The second-order valence-electron chi connectivity index (χ2n) is 10.3. The maximum atomic E-state index is 10.3. The largest absolute Gasteiger partial charge is 0.491 e. The Labute approximate surface area is 206 Å². The number of epoxide rings is 1. The summed E-state index contributed by atoms with van der Waals surface area (Å²) in [4.78, 5) is 0. The van der Waals surface area contributed by atoms with Crippen molar-refractivity contribution in [3.05, 3.63) is 59.7 Å². The molecule has 1 aliphatic heterocycles. The summed E-state index contributed by atoms with van der Waals surface area (Å²) in [6.45, 7) is 14.3. The quantitative estimate of drug-likeness (QED) is 0.306. The van der Waals surface area contributed by atoms with Crippen LogP contribution in [0.5, 0.6) is 11.5 Å². The number of hydrogen-bond donors (Lipinski definition) is 1. The Morgan fingerprint density at radius 3 is 1.82 bits per heavy atom. The van der Waals surface area contributed by atoms with Gasteiger partial charge in [-0.3, -0.25) is 0 Å². The number of hydrogen-bond acceptors (Lipinski definition) is 4. The zero-order valence-corrected chi connectivity index (χ0v) is 22.0. The molecule has 4 heteroatoms. The van der Waals surface area contributed by atoms with E-state index in [4.69, 9.17) is 14.2 Å². The van der Waals surface area contributed by atoms with Gasteiger partial charge in [-0.15, -0.1) is 0 Å². The highest BCUT2D eigenvalue weighted by Gasteiger charge is 2.46. The van der Waals surface area contributed by atoms with E-state index in [9.17, 15) is 5.11 Å². The van der Waals surface area contributed by atoms with Crippen LogP contribution in [0.25, 0.3) is 0 Å². The zero-order chi connectivity index (χ0) is 24.8. The average molecular weight is 469 g/mol. The van der Waals surface area contributed by atoms with Gasteiger partial charge in [0.05, 0.1) is 12.7 Å². The molecule has 2 atom stereocenters. The molecule has 2 unspecified atom stereocenters. The Hall–Kier alpha value is -2.04. The number of aliphatic hydroxyl groups is 1. The Kier molecular flexibility index (Phi) is 9.06. The van der Waals surface area contributed by atoms with Gasteiger partial charge in [-0.2, -0.15) is 0 Å². The van der Waals surface area contributed by atoms with Crippen molar-refractivity contribution in [2.45, 2.75) is 96.9 Å². The van der Waals surface area contributed by atoms with Gasteiger partial charge in [-0.25, -0.2) is 0 Å². The topological polar surface area (TPSA) is 51.2 Å². The van der Waals surface area contributed by atoms with Gasteiger partial charge < -0.3 is 19.3 Å². The highest BCUT2D eigenvalue weighted by atomic mass is 16.6. The van der Waals surface area contributed by atoms with E-state index >= 15 is 0 Å². The molecule has 1 saturated heterocycles. The van der Waals surface area contributed by atoms with E-state index in [0.717, 1.165) is 50.2 Å². The Morgan fingerprint density at radius 2 is 1.38 bits per heavy atom. The first-order valence-corrected chi connectivity index (χ1v) is 13.1. The molecule has 0 spiro atoms. The van der Waals surface area contributed by atoms with E-state index in [1.165, 1.54) is 11.1 Å². The van der Waals surface area contributed by atoms with Gasteiger partial charge >= 0.3 is 0 Å². The molecule has 0 aliphatic carbocycles. The molecule has 1 heterocycles. The van der Waals surface area contributed by atoms with Gasteiger partial charge in [-0.1, -0.05) is 78.6 Å². The number of aliphatic hydroxyl groups excluding tert-OH is 1. The van der Waals surface area contributed by atoms with E-state index in [0.29, 0.717) is 12.5 Å². The molecule has 0 bridgehead atoms. The minimum Gasteiger partial charge on any atom is -0.491 e. The fraction of sp³-hybridized carbons (Fsp3) is 0.600. The predicted molar refractivity (Wildman–Crippen MR) is 139 cm³/mol. The van der Waals surface area contributed by atoms with Crippen molar-refractivity contribution in [2.75, 3.05) is 13.2 Å². The Bertz CT molecular complexity index is 860. The van der Waals surface area contributed by atoms with Crippen molar-refractivity contribution in [2.24, 2.45) is 5.92 Å². The summed E-state index contributed by atoms with van der Waals surface area (Å²) in [5, 5.41) is 10.3. The van der Waals surface area contributed by atoms with Crippen molar-refractivity contribution >= 4 is 0 Å². The van der Waals surface area contributed by atoms with E-state index in [-0.39, 0.29) is 17.1 Å². The first-order chi connectivity index (χ1) is 16.3. The molecule has 188 valence electrons. The summed E-state index contributed by atoms with van der Waals surface area (Å²) >= 11 is 0. The average Bonchev–Trinajstić information content (AvgIpc) is 3.71. The van der Waals surface area contributed by atoms with Crippen LogP contribution in [-0.2, 0) is 10.2 Å². The SMILES string of the molecule is CCC(CC)CC(O)COc1ccc(C(C)(C)c2ccc(OC(CC)(CC)C3CO3)cc2)cc1. The van der Waals surface area contributed by atoms with Gasteiger partial charge in [0, 0.05) is 5.41 Å². The molecule has 1 aliphatic rings. The lowest BCUT2D eigenvalue weighted by atomic mass is 9.78. The van der Waals surface area contributed by atoms with Crippen molar-refractivity contribution in [1.29, 1.82) is 0 Å². The van der Waals surface area contributed by atoms with E-state index in [2.05, 4.69) is 77.9 Å². The second kappa shape index (κ2) is 11.6. The molecule has 2 aromatic carbocycles. The summed E-state index contributed by atoms with van der Waals surface area (Å²) in [7, 11) is 0. The monoisotopic (exact) mass is 468 g/mol. The molecule has 34 heavy (non-hydrogen) atoms. The van der Waals surface area contributed by atoms with Crippen molar-refractivity contribution in [3.63, 3.8) is 0 Å². The standard InChI is InChI=1S/C30H44O4/c1-7-22(8-2)19-25(31)20-32-26-15-11-23(12-16-26)29(5,6)24-13-17-27(18-14-24)34-30(9-3,10-4)28-21-33-28/h11-18,22,25,28,31H,7-10,19-21H2,1-6H3. The molecule has 4 nitrogen and oxygen atoms in total. The van der Waals surface area contributed by atoms with E-state index < -0.39 is 6.10 Å². The Balaban J connectivity index is 1.62. The van der Waals surface area contributed by atoms with Crippen LogP contribution in [0.15, 0.2) is 48.5 Å². The highest BCUT2D eigenvalue weighted by molar-refractivity contribution is 5.42. The van der Waals surface area contributed by atoms with Crippen LogP contribution in [0.2, 0.25) is 0 Å². The van der Waals surface area contributed by atoms with Crippen LogP contribution in [0, 0.1) is 5.92 Å². The minimum atomic E-state index is -0.424. The summed E-state index contributed by atoms with van der Waals surface area (Å²) in [5.41, 5.74) is 2.07. The van der Waals surface area contributed by atoms with Gasteiger partial charge in [0.1, 0.15) is 29.8 Å². The molecule has 3 rings (SSSR count). The van der Waals surface area contributed by atoms with Crippen LogP contribution in [-0.4, -0.2) is 36.1 Å². The lowest BCUT2D eigenvalue weighted by Crippen LogP contribution is -2.40. The summed E-state index contributed by atoms with van der Waals surface area (Å²) in [5.74, 6) is 2.25. The molecule has 2 aromatic rings. The lowest BCUT2D eigenvalue weighted by molar-refractivity contribution is 0.0301. The fourth-order valence-electron chi connectivity index (χ4n) is 4.84. The third kappa shape index (κ3) is 6.34. The van der Waals surface area contributed by atoms with Gasteiger partial charge in [0.2, 0.25) is 0 Å². The molecule has 0 radical (unpaired) electrons. The molecule has 1 N–H and O–H groups in total. The molecular formula is C30H44O4. The maximum absolute atomic E-state index is 10.3. The summed E-state index contributed by atoms with van der Waals surface area (Å²) in [6.07, 6.45) is 4.64. The van der Waals surface area contributed by atoms with E-state index in [1.54, 1.807) is 0 Å². The van der Waals surface area contributed by atoms with Crippen molar-refractivity contribution in [3.8, 4) is 11.5 Å². The second-order valence-corrected chi connectivity index (χ2v) is 10.3. The van der Waals surface area contributed by atoms with Gasteiger partial charge in [0.15, 0.2) is 0 Å². The van der Waals surface area contributed by atoms with Gasteiger partial charge in [0.25, 0.3) is 0 Å². The van der Waals surface area contributed by atoms with Crippen LogP contribution in [0.1, 0.15) is 84.8 Å². The van der Waals surface area contributed by atoms with Crippen LogP contribution in [0.3, 0.4) is 0 Å². The normalized spacial score (nSPS) is 17.0. The first-order valence-electron chi connectivity index (χ1n) is 13.1. The zero-order valence-electron chi connectivity index (χ0n) is 22.0. The molecule has 1 fully saturated rings. The smallest absolute Gasteiger partial charge is 0.137 e. The van der Waals surface area contributed by atoms with Crippen LogP contribution in [0.4, 0.5) is 0 Å². The van der Waals surface area contributed by atoms with E-state index in [1.807, 2.05) is 12.1 Å². The van der Waals surface area contributed by atoms with Crippen molar-refractivity contribution < 1.29 is 19.3 Å². The third-order valence-electron chi connectivity index (χ3n) is 7.79. The first kappa shape index (κ1) is 26.6. The summed E-state index contributed by atoms with van der Waals surface area (Å²) in [6, 6.07) is 16.7. The number of rotatable bonds is 14. The molecular weight excluding hydrogens is 424 g/mol. The van der Waals surface area contributed by atoms with Crippen LogP contribution >= 0.6 is 0 Å². The maximum Gasteiger partial charge on any atom is 0.137 e. The van der Waals surface area contributed by atoms with Gasteiger partial charge in [-0.05, 0) is 60.6 Å². The highest BCUT2D eigenvalue weighted by Crippen LogP contribution is 2.37. The lowest BCUT2D eigenvalue weighted by Gasteiger charge is -2.32.